The van der Waals surface area contributed by atoms with Gasteiger partial charge in [-0.25, -0.2) is 4.79 Å². The first-order valence-electron chi connectivity index (χ1n) is 6.46. The molecule has 0 bridgehead atoms. The molecule has 2 unspecified atom stereocenters. The summed E-state index contributed by atoms with van der Waals surface area (Å²) in [6.45, 7) is 6.84. The lowest BCUT2D eigenvalue weighted by molar-refractivity contribution is -0.0135. The molecule has 0 saturated carbocycles. The number of amides is 1. The van der Waals surface area contributed by atoms with E-state index in [1.54, 1.807) is 12.0 Å². The predicted octanol–water partition coefficient (Wildman–Crippen LogP) is 1.64. The third kappa shape index (κ3) is 4.46. The molecule has 1 aliphatic rings. The van der Waals surface area contributed by atoms with E-state index >= 15 is 0 Å². The van der Waals surface area contributed by atoms with Crippen LogP contribution in [0.3, 0.4) is 0 Å². The number of rotatable bonds is 3. The molecule has 1 aliphatic heterocycles. The fraction of sp³-hybridized carbons (Fsp3) is 0.923. The molecule has 0 aromatic rings. The van der Waals surface area contributed by atoms with Gasteiger partial charge in [0.25, 0.3) is 0 Å². The topological polar surface area (TPSA) is 59.0 Å². The van der Waals surface area contributed by atoms with Gasteiger partial charge in [-0.1, -0.05) is 0 Å². The van der Waals surface area contributed by atoms with E-state index in [4.69, 9.17) is 9.47 Å². The van der Waals surface area contributed by atoms with Crippen LogP contribution in [0.5, 0.6) is 0 Å². The molecule has 1 fully saturated rings. The summed E-state index contributed by atoms with van der Waals surface area (Å²) in [7, 11) is 1.62. The molecule has 2 atom stereocenters. The van der Waals surface area contributed by atoms with E-state index in [0.29, 0.717) is 13.2 Å². The number of piperidine rings is 1. The fourth-order valence-corrected chi connectivity index (χ4v) is 2.21. The second kappa shape index (κ2) is 6.38. The molecule has 0 aromatic carbocycles. The van der Waals surface area contributed by atoms with E-state index in [2.05, 4.69) is 0 Å². The van der Waals surface area contributed by atoms with Crippen molar-refractivity contribution in [1.29, 1.82) is 0 Å². The molecule has 0 spiro atoms. The Balaban J connectivity index is 2.64. The highest BCUT2D eigenvalue weighted by atomic mass is 16.6. The molecule has 1 N–H and O–H groups in total. The Morgan fingerprint density at radius 2 is 2.11 bits per heavy atom. The first kappa shape index (κ1) is 15.2. The molecule has 106 valence electrons. The Kier molecular flexibility index (Phi) is 5.41. The van der Waals surface area contributed by atoms with Crippen molar-refractivity contribution in [2.75, 3.05) is 26.9 Å². The number of hydrogen-bond acceptors (Lipinski definition) is 4. The lowest BCUT2D eigenvalue weighted by atomic mass is 9.92. The highest BCUT2D eigenvalue weighted by Gasteiger charge is 2.33. The summed E-state index contributed by atoms with van der Waals surface area (Å²) < 4.78 is 10.5. The van der Waals surface area contributed by atoms with Gasteiger partial charge in [-0.3, -0.25) is 0 Å². The smallest absolute Gasteiger partial charge is 0.410 e. The lowest BCUT2D eigenvalue weighted by Gasteiger charge is -2.39. The summed E-state index contributed by atoms with van der Waals surface area (Å²) in [5.74, 6) is 0.254. The molecular weight excluding hydrogens is 234 g/mol. The standard InChI is InChI=1S/C13H25NO4/c1-13(2,3)18-12(16)14-6-5-10(8-15)7-11(14)9-17-4/h10-11,15H,5-9H2,1-4H3. The average molecular weight is 259 g/mol. The lowest BCUT2D eigenvalue weighted by Crippen LogP contribution is -2.50. The van der Waals surface area contributed by atoms with Gasteiger partial charge in [0.2, 0.25) is 0 Å². The number of aliphatic hydroxyl groups excluding tert-OH is 1. The van der Waals surface area contributed by atoms with Crippen molar-refractivity contribution in [3.05, 3.63) is 0 Å². The zero-order valence-corrected chi connectivity index (χ0v) is 11.8. The van der Waals surface area contributed by atoms with E-state index in [1.165, 1.54) is 0 Å². The maximum atomic E-state index is 12.1. The van der Waals surface area contributed by atoms with Crippen molar-refractivity contribution < 1.29 is 19.4 Å². The van der Waals surface area contributed by atoms with Gasteiger partial charge < -0.3 is 19.5 Å². The van der Waals surface area contributed by atoms with Crippen molar-refractivity contribution in [3.8, 4) is 0 Å². The minimum atomic E-state index is -0.484. The Morgan fingerprint density at radius 1 is 1.44 bits per heavy atom. The maximum absolute atomic E-state index is 12.1. The summed E-state index contributed by atoms with van der Waals surface area (Å²) >= 11 is 0. The number of carbonyl (C=O) groups excluding carboxylic acids is 1. The summed E-state index contributed by atoms with van der Waals surface area (Å²) in [6.07, 6.45) is 1.29. The molecule has 1 amide bonds. The van der Waals surface area contributed by atoms with Crippen molar-refractivity contribution in [2.45, 2.75) is 45.3 Å². The van der Waals surface area contributed by atoms with Gasteiger partial charge >= 0.3 is 6.09 Å². The summed E-state index contributed by atoms with van der Waals surface area (Å²) in [5.41, 5.74) is -0.484. The minimum absolute atomic E-state index is 0.00394. The zero-order chi connectivity index (χ0) is 13.8. The van der Waals surface area contributed by atoms with Crippen LogP contribution in [-0.4, -0.2) is 54.6 Å². The number of hydrogen-bond donors (Lipinski definition) is 1. The highest BCUT2D eigenvalue weighted by Crippen LogP contribution is 2.24. The minimum Gasteiger partial charge on any atom is -0.444 e. The second-order valence-corrected chi connectivity index (χ2v) is 5.86. The van der Waals surface area contributed by atoms with Crippen LogP contribution in [0.15, 0.2) is 0 Å². The molecule has 0 radical (unpaired) electrons. The molecule has 1 heterocycles. The largest absolute Gasteiger partial charge is 0.444 e. The van der Waals surface area contributed by atoms with Crippen molar-refractivity contribution in [3.63, 3.8) is 0 Å². The van der Waals surface area contributed by atoms with Gasteiger partial charge in [-0.15, -0.1) is 0 Å². The number of aliphatic hydroxyl groups is 1. The van der Waals surface area contributed by atoms with Crippen LogP contribution < -0.4 is 0 Å². The number of carbonyl (C=O) groups is 1. The Labute approximate surface area is 109 Å². The Morgan fingerprint density at radius 3 is 2.61 bits per heavy atom. The molecule has 0 aromatic heterocycles. The van der Waals surface area contributed by atoms with Crippen molar-refractivity contribution >= 4 is 6.09 Å². The van der Waals surface area contributed by atoms with Gasteiger partial charge in [0.1, 0.15) is 5.60 Å². The third-order valence-electron chi connectivity index (χ3n) is 3.07. The Bertz CT molecular complexity index is 275. The summed E-state index contributed by atoms with van der Waals surface area (Å²) in [6, 6.07) is -0.00394. The Hall–Kier alpha value is -0.810. The van der Waals surface area contributed by atoms with Crippen LogP contribution in [-0.2, 0) is 9.47 Å². The van der Waals surface area contributed by atoms with Crippen LogP contribution in [0.1, 0.15) is 33.6 Å². The van der Waals surface area contributed by atoms with E-state index in [9.17, 15) is 9.90 Å². The van der Waals surface area contributed by atoms with Crippen molar-refractivity contribution in [1.82, 2.24) is 4.90 Å². The van der Waals surface area contributed by atoms with E-state index in [1.807, 2.05) is 20.8 Å². The summed E-state index contributed by atoms with van der Waals surface area (Å²) in [4.78, 5) is 13.8. The van der Waals surface area contributed by atoms with E-state index < -0.39 is 5.60 Å². The number of ether oxygens (including phenoxy) is 2. The van der Waals surface area contributed by atoms with E-state index in [-0.39, 0.29) is 24.7 Å². The summed E-state index contributed by atoms with van der Waals surface area (Å²) in [5, 5.41) is 9.21. The first-order chi connectivity index (χ1) is 8.37. The van der Waals surface area contributed by atoms with Gasteiger partial charge in [0.15, 0.2) is 0 Å². The van der Waals surface area contributed by atoms with Gasteiger partial charge in [0.05, 0.1) is 12.6 Å². The van der Waals surface area contributed by atoms with E-state index in [0.717, 1.165) is 12.8 Å². The SMILES string of the molecule is COCC1CC(CO)CCN1C(=O)OC(C)(C)C. The molecule has 1 saturated heterocycles. The molecular formula is C13H25NO4. The van der Waals surface area contributed by atoms with Crippen LogP contribution in [0, 0.1) is 5.92 Å². The fourth-order valence-electron chi connectivity index (χ4n) is 2.21. The highest BCUT2D eigenvalue weighted by molar-refractivity contribution is 5.68. The molecule has 1 rings (SSSR count). The van der Waals surface area contributed by atoms with Crippen LogP contribution >= 0.6 is 0 Å². The number of methoxy groups -OCH3 is 1. The number of likely N-dealkylation sites (tertiary alicyclic amines) is 1. The second-order valence-electron chi connectivity index (χ2n) is 5.86. The van der Waals surface area contributed by atoms with Crippen molar-refractivity contribution in [2.24, 2.45) is 5.92 Å². The third-order valence-corrected chi connectivity index (χ3v) is 3.07. The van der Waals surface area contributed by atoms with Crippen LogP contribution in [0.2, 0.25) is 0 Å². The normalized spacial score (nSPS) is 25.1. The van der Waals surface area contributed by atoms with Gasteiger partial charge in [-0.2, -0.15) is 0 Å². The van der Waals surface area contributed by atoms with Gasteiger partial charge in [0, 0.05) is 20.3 Å². The molecule has 18 heavy (non-hydrogen) atoms. The van der Waals surface area contributed by atoms with Crippen LogP contribution in [0.25, 0.3) is 0 Å². The zero-order valence-electron chi connectivity index (χ0n) is 11.8. The first-order valence-corrected chi connectivity index (χ1v) is 6.46. The molecule has 5 heteroatoms. The molecule has 0 aliphatic carbocycles. The van der Waals surface area contributed by atoms with Crippen LogP contribution in [0.4, 0.5) is 4.79 Å². The maximum Gasteiger partial charge on any atom is 0.410 e. The monoisotopic (exact) mass is 259 g/mol. The quantitative estimate of drug-likeness (QED) is 0.837. The molecule has 5 nitrogen and oxygen atoms in total. The number of nitrogens with zero attached hydrogens (tertiary/aromatic N) is 1. The average Bonchev–Trinajstić information content (AvgIpc) is 2.27. The predicted molar refractivity (Wildman–Crippen MR) is 68.4 cm³/mol. The van der Waals surface area contributed by atoms with Gasteiger partial charge in [-0.05, 0) is 39.5 Å².